The standard InChI is InChI=1S/C19H27NOS/c1-3-5-6-7-8-15-9-10-18-17(13-15)16(14-22-18)11-12-20-19(21)4-2/h9-10,13-14H,3-8,11-12H2,1-2H3,(H,20,21). The van der Waals surface area contributed by atoms with E-state index in [-0.39, 0.29) is 5.91 Å². The van der Waals surface area contributed by atoms with Crippen molar-refractivity contribution < 1.29 is 4.79 Å². The summed E-state index contributed by atoms with van der Waals surface area (Å²) >= 11 is 1.81. The first-order valence-electron chi connectivity index (χ1n) is 8.50. The first-order valence-corrected chi connectivity index (χ1v) is 9.38. The van der Waals surface area contributed by atoms with Gasteiger partial charge < -0.3 is 5.32 Å². The molecule has 0 spiro atoms. The van der Waals surface area contributed by atoms with Crippen LogP contribution in [-0.4, -0.2) is 12.5 Å². The number of hydrogen-bond donors (Lipinski definition) is 1. The SMILES string of the molecule is CCCCCCc1ccc2scc(CCNC(=O)CC)c2c1. The molecule has 1 aromatic heterocycles. The molecule has 0 aliphatic rings. The maximum atomic E-state index is 11.3. The second-order valence-corrected chi connectivity index (χ2v) is 6.77. The molecule has 0 aliphatic carbocycles. The highest BCUT2D eigenvalue weighted by atomic mass is 32.1. The molecule has 1 heterocycles. The average molecular weight is 317 g/mol. The Labute approximate surface area is 137 Å². The van der Waals surface area contributed by atoms with Crippen molar-refractivity contribution in [3.63, 3.8) is 0 Å². The third-order valence-corrected chi connectivity index (χ3v) is 5.09. The summed E-state index contributed by atoms with van der Waals surface area (Å²) in [6.07, 6.45) is 7.90. The number of nitrogens with one attached hydrogen (secondary N) is 1. The number of unbranched alkanes of at least 4 members (excludes halogenated alkanes) is 3. The van der Waals surface area contributed by atoms with Crippen LogP contribution in [0.3, 0.4) is 0 Å². The fourth-order valence-corrected chi connectivity index (χ4v) is 3.67. The number of rotatable bonds is 9. The van der Waals surface area contributed by atoms with Gasteiger partial charge in [0.25, 0.3) is 0 Å². The molecule has 0 radical (unpaired) electrons. The fourth-order valence-electron chi connectivity index (χ4n) is 2.70. The molecule has 22 heavy (non-hydrogen) atoms. The predicted octanol–water partition coefficient (Wildman–Crippen LogP) is 5.09. The number of aryl methyl sites for hydroxylation is 1. The maximum absolute atomic E-state index is 11.3. The summed E-state index contributed by atoms with van der Waals surface area (Å²) in [7, 11) is 0. The highest BCUT2D eigenvalue weighted by molar-refractivity contribution is 7.17. The Bertz CT molecular complexity index is 603. The van der Waals surface area contributed by atoms with Crippen LogP contribution in [0.2, 0.25) is 0 Å². The van der Waals surface area contributed by atoms with Crippen molar-refractivity contribution in [3.05, 3.63) is 34.7 Å². The van der Waals surface area contributed by atoms with Gasteiger partial charge >= 0.3 is 0 Å². The van der Waals surface area contributed by atoms with Crippen LogP contribution in [0, 0.1) is 0 Å². The van der Waals surface area contributed by atoms with Gasteiger partial charge in [-0.15, -0.1) is 11.3 Å². The van der Waals surface area contributed by atoms with E-state index in [2.05, 4.69) is 35.8 Å². The molecule has 0 atom stereocenters. The van der Waals surface area contributed by atoms with E-state index in [1.807, 2.05) is 6.92 Å². The summed E-state index contributed by atoms with van der Waals surface area (Å²) in [5, 5.41) is 6.58. The first kappa shape index (κ1) is 17.0. The Morgan fingerprint density at radius 1 is 1.14 bits per heavy atom. The third-order valence-electron chi connectivity index (χ3n) is 4.07. The van der Waals surface area contributed by atoms with E-state index in [1.54, 1.807) is 11.3 Å². The molecular weight excluding hydrogens is 290 g/mol. The molecule has 0 fully saturated rings. The summed E-state index contributed by atoms with van der Waals surface area (Å²) < 4.78 is 1.36. The van der Waals surface area contributed by atoms with Crippen LogP contribution < -0.4 is 5.32 Å². The van der Waals surface area contributed by atoms with Gasteiger partial charge in [0.05, 0.1) is 0 Å². The van der Waals surface area contributed by atoms with Crippen LogP contribution in [0.15, 0.2) is 23.6 Å². The van der Waals surface area contributed by atoms with Crippen LogP contribution in [0.25, 0.3) is 10.1 Å². The Kier molecular flexibility index (Phi) is 6.91. The minimum absolute atomic E-state index is 0.135. The van der Waals surface area contributed by atoms with E-state index in [4.69, 9.17) is 0 Å². The van der Waals surface area contributed by atoms with E-state index in [0.29, 0.717) is 6.42 Å². The van der Waals surface area contributed by atoms with E-state index < -0.39 is 0 Å². The fraction of sp³-hybridized carbons (Fsp3) is 0.526. The monoisotopic (exact) mass is 317 g/mol. The van der Waals surface area contributed by atoms with E-state index >= 15 is 0 Å². The zero-order valence-electron chi connectivity index (χ0n) is 13.8. The molecule has 1 N–H and O–H groups in total. The topological polar surface area (TPSA) is 29.1 Å². The highest BCUT2D eigenvalue weighted by Crippen LogP contribution is 2.28. The molecule has 120 valence electrons. The van der Waals surface area contributed by atoms with Crippen molar-refractivity contribution in [2.75, 3.05) is 6.54 Å². The molecule has 1 aromatic carbocycles. The van der Waals surface area contributed by atoms with Gasteiger partial charge in [-0.2, -0.15) is 0 Å². The number of hydrogen-bond acceptors (Lipinski definition) is 2. The Hall–Kier alpha value is -1.35. The minimum Gasteiger partial charge on any atom is -0.356 e. The summed E-state index contributed by atoms with van der Waals surface area (Å²) in [5.74, 6) is 0.135. The molecule has 0 aliphatic heterocycles. The molecule has 0 bridgehead atoms. The van der Waals surface area contributed by atoms with Crippen molar-refractivity contribution >= 4 is 27.3 Å². The number of carbonyl (C=O) groups excluding carboxylic acids is 1. The predicted molar refractivity (Wildman–Crippen MR) is 96.7 cm³/mol. The number of benzene rings is 1. The average Bonchev–Trinajstić information content (AvgIpc) is 2.94. The van der Waals surface area contributed by atoms with E-state index in [0.717, 1.165) is 13.0 Å². The Morgan fingerprint density at radius 3 is 2.77 bits per heavy atom. The van der Waals surface area contributed by atoms with Crippen molar-refractivity contribution in [1.29, 1.82) is 0 Å². The molecule has 2 aromatic rings. The lowest BCUT2D eigenvalue weighted by Crippen LogP contribution is -2.24. The number of fused-ring (bicyclic) bond motifs is 1. The van der Waals surface area contributed by atoms with Crippen LogP contribution in [-0.2, 0) is 17.6 Å². The van der Waals surface area contributed by atoms with E-state index in [9.17, 15) is 4.79 Å². The second kappa shape index (κ2) is 8.94. The molecule has 1 amide bonds. The summed E-state index contributed by atoms with van der Waals surface area (Å²) in [6, 6.07) is 6.88. The van der Waals surface area contributed by atoms with E-state index in [1.165, 1.54) is 53.3 Å². The van der Waals surface area contributed by atoms with Gasteiger partial charge in [-0.05, 0) is 47.2 Å². The van der Waals surface area contributed by atoms with Gasteiger partial charge in [0, 0.05) is 17.7 Å². The zero-order valence-corrected chi connectivity index (χ0v) is 14.6. The number of amides is 1. The van der Waals surface area contributed by atoms with Gasteiger partial charge in [-0.3, -0.25) is 4.79 Å². The van der Waals surface area contributed by atoms with Gasteiger partial charge in [0.1, 0.15) is 0 Å². The lowest BCUT2D eigenvalue weighted by molar-refractivity contribution is -0.120. The smallest absolute Gasteiger partial charge is 0.219 e. The largest absolute Gasteiger partial charge is 0.356 e. The normalized spacial score (nSPS) is 11.0. The Morgan fingerprint density at radius 2 is 2.00 bits per heavy atom. The molecule has 0 saturated heterocycles. The first-order chi connectivity index (χ1) is 10.7. The second-order valence-electron chi connectivity index (χ2n) is 5.86. The summed E-state index contributed by atoms with van der Waals surface area (Å²) in [6.45, 7) is 4.88. The van der Waals surface area contributed by atoms with Gasteiger partial charge in [-0.1, -0.05) is 45.2 Å². The maximum Gasteiger partial charge on any atom is 0.219 e. The van der Waals surface area contributed by atoms with Gasteiger partial charge in [-0.25, -0.2) is 0 Å². The molecular formula is C19H27NOS. The van der Waals surface area contributed by atoms with Crippen molar-refractivity contribution in [2.45, 2.75) is 58.8 Å². The van der Waals surface area contributed by atoms with Gasteiger partial charge in [0.2, 0.25) is 5.91 Å². The van der Waals surface area contributed by atoms with Crippen molar-refractivity contribution in [3.8, 4) is 0 Å². The zero-order chi connectivity index (χ0) is 15.8. The summed E-state index contributed by atoms with van der Waals surface area (Å²) in [4.78, 5) is 11.3. The minimum atomic E-state index is 0.135. The van der Waals surface area contributed by atoms with Gasteiger partial charge in [0.15, 0.2) is 0 Å². The van der Waals surface area contributed by atoms with Crippen LogP contribution in [0.4, 0.5) is 0 Å². The lowest BCUT2D eigenvalue weighted by Gasteiger charge is -2.05. The number of carbonyl (C=O) groups is 1. The molecule has 0 saturated carbocycles. The van der Waals surface area contributed by atoms with Crippen LogP contribution in [0.1, 0.15) is 57.1 Å². The van der Waals surface area contributed by atoms with Crippen LogP contribution in [0.5, 0.6) is 0 Å². The Balaban J connectivity index is 1.97. The van der Waals surface area contributed by atoms with Crippen LogP contribution >= 0.6 is 11.3 Å². The number of thiophene rings is 1. The highest BCUT2D eigenvalue weighted by Gasteiger charge is 2.06. The van der Waals surface area contributed by atoms with Crippen molar-refractivity contribution in [2.24, 2.45) is 0 Å². The summed E-state index contributed by atoms with van der Waals surface area (Å²) in [5.41, 5.74) is 2.81. The molecule has 2 rings (SSSR count). The molecule has 0 unspecified atom stereocenters. The third kappa shape index (κ3) is 4.84. The lowest BCUT2D eigenvalue weighted by atomic mass is 10.0. The molecule has 3 heteroatoms. The molecule has 2 nitrogen and oxygen atoms in total. The van der Waals surface area contributed by atoms with Crippen molar-refractivity contribution in [1.82, 2.24) is 5.32 Å². The quantitative estimate of drug-likeness (QED) is 0.641.